The lowest BCUT2D eigenvalue weighted by Crippen LogP contribution is -2.35. The summed E-state index contributed by atoms with van der Waals surface area (Å²) in [5, 5.41) is 7.50. The third kappa shape index (κ3) is 4.74. The molecular formula is C32H27F2N5O3. The number of methoxy groups -OCH3 is 1. The molecule has 0 radical (unpaired) electrons. The monoisotopic (exact) mass is 567 g/mol. The number of carbonyl (C=O) groups excluding carboxylic acids is 2. The van der Waals surface area contributed by atoms with E-state index in [2.05, 4.69) is 15.4 Å². The van der Waals surface area contributed by atoms with Gasteiger partial charge in [0.05, 0.1) is 18.2 Å². The van der Waals surface area contributed by atoms with Crippen molar-refractivity contribution in [3.05, 3.63) is 118 Å². The van der Waals surface area contributed by atoms with Crippen LogP contribution in [0.3, 0.4) is 0 Å². The zero-order chi connectivity index (χ0) is 29.6. The molecule has 0 aliphatic heterocycles. The van der Waals surface area contributed by atoms with E-state index in [4.69, 9.17) is 10.5 Å². The zero-order valence-corrected chi connectivity index (χ0v) is 22.9. The van der Waals surface area contributed by atoms with Crippen LogP contribution in [-0.2, 0) is 12.0 Å². The molecule has 3 N–H and O–H groups in total. The van der Waals surface area contributed by atoms with Gasteiger partial charge in [0.2, 0.25) is 5.88 Å². The molecule has 0 saturated heterocycles. The highest BCUT2D eigenvalue weighted by atomic mass is 19.1. The molecule has 3 aromatic heterocycles. The second-order valence-electron chi connectivity index (χ2n) is 10.4. The Morgan fingerprint density at radius 3 is 2.40 bits per heavy atom. The number of primary amides is 1. The Balaban J connectivity index is 1.37. The lowest BCUT2D eigenvalue weighted by molar-refractivity contribution is 0.0926. The van der Waals surface area contributed by atoms with Crippen molar-refractivity contribution in [2.24, 2.45) is 5.73 Å². The second kappa shape index (κ2) is 10.4. The molecule has 1 saturated carbocycles. The minimum absolute atomic E-state index is 0.0739. The van der Waals surface area contributed by atoms with Gasteiger partial charge in [0, 0.05) is 23.9 Å². The Hall–Kier alpha value is -5.12. The van der Waals surface area contributed by atoms with Crippen molar-refractivity contribution in [3.63, 3.8) is 0 Å². The summed E-state index contributed by atoms with van der Waals surface area (Å²) in [5.74, 6) is -2.18. The van der Waals surface area contributed by atoms with Gasteiger partial charge in [-0.15, -0.1) is 0 Å². The van der Waals surface area contributed by atoms with E-state index in [9.17, 15) is 14.0 Å². The smallest absolute Gasteiger partial charge is 0.257 e. The highest BCUT2D eigenvalue weighted by molar-refractivity contribution is 6.05. The lowest BCUT2D eigenvalue weighted by atomic mass is 9.99. The van der Waals surface area contributed by atoms with Gasteiger partial charge in [0.15, 0.2) is 5.82 Å². The van der Waals surface area contributed by atoms with E-state index in [1.807, 2.05) is 30.3 Å². The fourth-order valence-corrected chi connectivity index (χ4v) is 5.30. The number of hydrogen-bond acceptors (Lipinski definition) is 5. The molecule has 212 valence electrons. The van der Waals surface area contributed by atoms with E-state index in [1.165, 1.54) is 42.1 Å². The fourth-order valence-electron chi connectivity index (χ4n) is 5.30. The van der Waals surface area contributed by atoms with Gasteiger partial charge in [-0.05, 0) is 72.9 Å². The van der Waals surface area contributed by atoms with E-state index >= 15 is 4.39 Å². The van der Waals surface area contributed by atoms with Crippen LogP contribution < -0.4 is 15.8 Å². The second-order valence-corrected chi connectivity index (χ2v) is 10.4. The quantitative estimate of drug-likeness (QED) is 0.271. The first-order valence-electron chi connectivity index (χ1n) is 13.4. The van der Waals surface area contributed by atoms with E-state index in [0.29, 0.717) is 16.8 Å². The predicted molar refractivity (Wildman–Crippen MR) is 152 cm³/mol. The number of halogens is 2. The van der Waals surface area contributed by atoms with Crippen molar-refractivity contribution in [1.29, 1.82) is 0 Å². The molecule has 42 heavy (non-hydrogen) atoms. The van der Waals surface area contributed by atoms with Gasteiger partial charge >= 0.3 is 0 Å². The Labute approximate surface area is 240 Å². The third-order valence-corrected chi connectivity index (χ3v) is 7.71. The number of aromatic nitrogens is 3. The number of benzene rings is 2. The van der Waals surface area contributed by atoms with Gasteiger partial charge in [-0.2, -0.15) is 5.10 Å². The van der Waals surface area contributed by atoms with Gasteiger partial charge in [0.25, 0.3) is 11.8 Å². The molecule has 8 nitrogen and oxygen atoms in total. The van der Waals surface area contributed by atoms with Crippen LogP contribution in [0.25, 0.3) is 16.8 Å². The van der Waals surface area contributed by atoms with Gasteiger partial charge in [-0.25, -0.2) is 18.3 Å². The number of hydrogen-bond donors (Lipinski definition) is 2. The van der Waals surface area contributed by atoms with Crippen LogP contribution >= 0.6 is 0 Å². The summed E-state index contributed by atoms with van der Waals surface area (Å²) in [4.78, 5) is 30.5. The van der Waals surface area contributed by atoms with Gasteiger partial charge < -0.3 is 15.8 Å². The van der Waals surface area contributed by atoms with Crippen LogP contribution in [0, 0.1) is 18.6 Å². The molecule has 0 atom stereocenters. The van der Waals surface area contributed by atoms with Gasteiger partial charge in [0.1, 0.15) is 22.6 Å². The van der Waals surface area contributed by atoms with Crippen molar-refractivity contribution < 1.29 is 23.1 Å². The minimum Gasteiger partial charge on any atom is -0.480 e. The Morgan fingerprint density at radius 2 is 1.76 bits per heavy atom. The van der Waals surface area contributed by atoms with Crippen molar-refractivity contribution in [2.45, 2.75) is 31.7 Å². The summed E-state index contributed by atoms with van der Waals surface area (Å²) in [6.45, 7) is 1.75. The molecule has 5 aromatic rings. The molecule has 0 unspecified atom stereocenters. The Bertz CT molecular complexity index is 1850. The number of amides is 2. The lowest BCUT2D eigenvalue weighted by Gasteiger charge is -2.19. The molecule has 1 aliphatic rings. The van der Waals surface area contributed by atoms with Crippen molar-refractivity contribution in [3.8, 4) is 17.1 Å². The maximum absolute atomic E-state index is 16.1. The third-order valence-electron chi connectivity index (χ3n) is 7.71. The summed E-state index contributed by atoms with van der Waals surface area (Å²) in [6, 6.07) is 18.3. The van der Waals surface area contributed by atoms with Crippen molar-refractivity contribution in [2.75, 3.05) is 7.11 Å². The largest absolute Gasteiger partial charge is 0.480 e. The molecule has 2 aromatic carbocycles. The molecule has 10 heteroatoms. The summed E-state index contributed by atoms with van der Waals surface area (Å²) in [7, 11) is 1.44. The molecule has 2 amide bonds. The highest BCUT2D eigenvalue weighted by Crippen LogP contribution is 2.45. The SMILES string of the molecule is COc1nc(C)c(Cc2ccn3nc(-c4ccc(F)cc4)c(C(N)=O)c3c2F)cc1C(=O)NC1(c2ccccc2)CC1. The standard InChI is InChI=1S/C32H27F2N5O3/c1-18-21(17-24(31(36-18)42-2)30(41)37-32(13-14-32)22-6-4-3-5-7-22)16-20-12-15-39-28(26(20)34)25(29(35)40)27(38-39)19-8-10-23(33)11-9-19/h3-12,15,17H,13-14,16H2,1-2H3,(H2,35,40)(H,37,41). The summed E-state index contributed by atoms with van der Waals surface area (Å²) < 4.78 is 36.2. The molecule has 3 heterocycles. The molecule has 1 aliphatic carbocycles. The predicted octanol–water partition coefficient (Wildman–Crippen LogP) is 5.10. The van der Waals surface area contributed by atoms with Gasteiger partial charge in [-0.1, -0.05) is 30.3 Å². The zero-order valence-electron chi connectivity index (χ0n) is 22.9. The van der Waals surface area contributed by atoms with Crippen LogP contribution in [-0.4, -0.2) is 33.5 Å². The van der Waals surface area contributed by atoms with Crippen LogP contribution in [0.2, 0.25) is 0 Å². The Morgan fingerprint density at radius 1 is 1.05 bits per heavy atom. The first-order valence-corrected chi connectivity index (χ1v) is 13.4. The molecule has 6 rings (SSSR count). The van der Waals surface area contributed by atoms with Crippen molar-refractivity contribution in [1.82, 2.24) is 19.9 Å². The number of nitrogens with one attached hydrogen (secondary N) is 1. The molecule has 0 spiro atoms. The number of ether oxygens (including phenoxy) is 1. The molecule has 0 bridgehead atoms. The first kappa shape index (κ1) is 27.1. The number of rotatable bonds is 8. The Kier molecular flexibility index (Phi) is 6.68. The number of nitrogens with two attached hydrogens (primary N) is 1. The number of aryl methyl sites for hydroxylation is 1. The van der Waals surface area contributed by atoms with E-state index in [1.54, 1.807) is 19.1 Å². The fraction of sp³-hybridized carbons (Fsp3) is 0.188. The van der Waals surface area contributed by atoms with E-state index in [0.717, 1.165) is 18.4 Å². The van der Waals surface area contributed by atoms with Crippen LogP contribution in [0.4, 0.5) is 8.78 Å². The molecule has 1 fully saturated rings. The molecular weight excluding hydrogens is 540 g/mol. The summed E-state index contributed by atoms with van der Waals surface area (Å²) in [6.07, 6.45) is 3.24. The summed E-state index contributed by atoms with van der Waals surface area (Å²) >= 11 is 0. The number of carbonyl (C=O) groups is 2. The topological polar surface area (TPSA) is 112 Å². The summed E-state index contributed by atoms with van der Waals surface area (Å²) in [5.41, 5.74) is 8.27. The first-order chi connectivity index (χ1) is 20.2. The van der Waals surface area contributed by atoms with E-state index < -0.39 is 23.1 Å². The van der Waals surface area contributed by atoms with Crippen LogP contribution in [0.5, 0.6) is 5.88 Å². The normalized spacial score (nSPS) is 13.6. The number of pyridine rings is 2. The van der Waals surface area contributed by atoms with Crippen LogP contribution in [0.15, 0.2) is 72.9 Å². The van der Waals surface area contributed by atoms with Gasteiger partial charge in [-0.3, -0.25) is 9.59 Å². The number of fused-ring (bicyclic) bond motifs is 1. The highest BCUT2D eigenvalue weighted by Gasteiger charge is 2.46. The average molecular weight is 568 g/mol. The van der Waals surface area contributed by atoms with E-state index in [-0.39, 0.29) is 46.1 Å². The van der Waals surface area contributed by atoms with Crippen LogP contribution in [0.1, 0.15) is 55.9 Å². The maximum Gasteiger partial charge on any atom is 0.257 e. The number of nitrogens with zero attached hydrogens (tertiary/aromatic N) is 3. The average Bonchev–Trinajstić information content (AvgIpc) is 3.66. The minimum atomic E-state index is -0.867. The van der Waals surface area contributed by atoms with Crippen molar-refractivity contribution >= 4 is 17.3 Å². The maximum atomic E-state index is 16.1.